The minimum Gasteiger partial charge on any atom is -0.329 e. The lowest BCUT2D eigenvalue weighted by Crippen LogP contribution is -2.45. The van der Waals surface area contributed by atoms with Gasteiger partial charge >= 0.3 is 0 Å². The highest BCUT2D eigenvalue weighted by atomic mass is 15.2. The Kier molecular flexibility index (Phi) is 23.9. The van der Waals surface area contributed by atoms with Crippen LogP contribution in [0.25, 0.3) is 0 Å². The summed E-state index contributed by atoms with van der Waals surface area (Å²) in [6.45, 7) is 17.6. The van der Waals surface area contributed by atoms with Gasteiger partial charge in [-0.2, -0.15) is 0 Å². The summed E-state index contributed by atoms with van der Waals surface area (Å²) < 4.78 is 0. The topological polar surface area (TPSA) is 176 Å². The first-order valence-corrected chi connectivity index (χ1v) is 12.0. The van der Waals surface area contributed by atoms with E-state index >= 15 is 0 Å². The zero-order valence-electron chi connectivity index (χ0n) is 19.9. The van der Waals surface area contributed by atoms with Crippen molar-refractivity contribution in [2.24, 2.45) is 28.7 Å². The third-order valence-corrected chi connectivity index (χ3v) is 5.13. The van der Waals surface area contributed by atoms with Crippen LogP contribution in [0, 0.1) is 0 Å². The predicted octanol–water partition coefficient (Wildman–Crippen LogP) is -4.55. The van der Waals surface area contributed by atoms with Crippen molar-refractivity contribution in [3.05, 3.63) is 0 Å². The zero-order valence-corrected chi connectivity index (χ0v) is 19.9. The molecule has 0 aromatic carbocycles. The quantitative estimate of drug-likeness (QED) is 0.0632. The first-order valence-electron chi connectivity index (χ1n) is 12.0. The molecule has 0 bridgehead atoms. The Balaban J connectivity index is 4.26. The van der Waals surface area contributed by atoms with E-state index in [2.05, 4.69) is 30.7 Å². The molecular formula is C20H53N11. The molecule has 31 heavy (non-hydrogen) atoms. The lowest BCUT2D eigenvalue weighted by atomic mass is 10.3. The SMILES string of the molecule is NCCNCCNCCN(CCN)CCN(CCN)CCN(CCN)CCNCCN. The smallest absolute Gasteiger partial charge is 0.0110 e. The van der Waals surface area contributed by atoms with Crippen LogP contribution in [0.2, 0.25) is 0 Å². The molecule has 11 heteroatoms. The molecule has 0 heterocycles. The molecule has 0 aliphatic rings. The second kappa shape index (κ2) is 24.2. The highest BCUT2D eigenvalue weighted by molar-refractivity contribution is 4.69. The van der Waals surface area contributed by atoms with Crippen molar-refractivity contribution in [2.75, 3.05) is 131 Å². The number of nitrogens with zero attached hydrogens (tertiary/aromatic N) is 3. The fraction of sp³-hybridized carbons (Fsp3) is 1.00. The summed E-state index contributed by atoms with van der Waals surface area (Å²) in [4.78, 5) is 7.29. The van der Waals surface area contributed by atoms with Gasteiger partial charge < -0.3 is 44.6 Å². The molecule has 0 saturated heterocycles. The molecular weight excluding hydrogens is 394 g/mol. The Morgan fingerprint density at radius 1 is 0.323 bits per heavy atom. The molecule has 0 atom stereocenters. The van der Waals surface area contributed by atoms with E-state index in [1.165, 1.54) is 0 Å². The maximum atomic E-state index is 5.87. The number of hydrogen-bond donors (Lipinski definition) is 8. The van der Waals surface area contributed by atoms with Gasteiger partial charge in [-0.3, -0.25) is 14.7 Å². The normalized spacial score (nSPS) is 12.0. The minimum atomic E-state index is 0.668. The molecule has 0 aliphatic carbocycles. The second-order valence-electron chi connectivity index (χ2n) is 7.72. The summed E-state index contributed by atoms with van der Waals surface area (Å²) in [6.07, 6.45) is 0. The average Bonchev–Trinajstić information content (AvgIpc) is 2.77. The molecule has 0 unspecified atom stereocenters. The van der Waals surface area contributed by atoms with Gasteiger partial charge in [0.15, 0.2) is 0 Å². The highest BCUT2D eigenvalue weighted by Crippen LogP contribution is 1.95. The minimum absolute atomic E-state index is 0.668. The standard InChI is InChI=1S/C20H53N11/c21-1-6-26-8-9-28-11-16-30(13-4-24)18-20-31(14-5-25)19-17-29(12-3-23)15-10-27-7-2-22/h26-28H,1-25H2. The Morgan fingerprint density at radius 2 is 0.645 bits per heavy atom. The summed E-state index contributed by atoms with van der Waals surface area (Å²) in [6, 6.07) is 0. The monoisotopic (exact) mass is 447 g/mol. The van der Waals surface area contributed by atoms with Crippen LogP contribution in [-0.4, -0.2) is 146 Å². The molecule has 13 N–H and O–H groups in total. The fourth-order valence-electron chi connectivity index (χ4n) is 3.35. The average molecular weight is 448 g/mol. The van der Waals surface area contributed by atoms with Gasteiger partial charge in [-0.05, 0) is 0 Å². The number of hydrogen-bond acceptors (Lipinski definition) is 11. The van der Waals surface area contributed by atoms with Crippen LogP contribution in [0.5, 0.6) is 0 Å². The fourth-order valence-corrected chi connectivity index (χ4v) is 3.35. The molecule has 0 rings (SSSR count). The first kappa shape index (κ1) is 30.6. The van der Waals surface area contributed by atoms with E-state index in [1.54, 1.807) is 0 Å². The number of nitrogens with one attached hydrogen (secondary N) is 3. The molecule has 0 aromatic rings. The van der Waals surface area contributed by atoms with E-state index in [0.717, 1.165) is 98.2 Å². The Hall–Kier alpha value is -0.440. The third kappa shape index (κ3) is 19.9. The Bertz CT molecular complexity index is 349. The molecule has 0 radical (unpaired) electrons. The van der Waals surface area contributed by atoms with Gasteiger partial charge in [0.05, 0.1) is 0 Å². The van der Waals surface area contributed by atoms with Crippen molar-refractivity contribution in [2.45, 2.75) is 0 Å². The zero-order chi connectivity index (χ0) is 23.0. The van der Waals surface area contributed by atoms with Crippen LogP contribution in [0.4, 0.5) is 0 Å². The molecule has 11 nitrogen and oxygen atoms in total. The van der Waals surface area contributed by atoms with Gasteiger partial charge in [0.1, 0.15) is 0 Å². The van der Waals surface area contributed by atoms with Crippen LogP contribution < -0.4 is 44.6 Å². The van der Waals surface area contributed by atoms with Gasteiger partial charge in [0, 0.05) is 131 Å². The summed E-state index contributed by atoms with van der Waals surface area (Å²) in [5.74, 6) is 0. The van der Waals surface area contributed by atoms with E-state index in [9.17, 15) is 0 Å². The van der Waals surface area contributed by atoms with Crippen molar-refractivity contribution in [1.82, 2.24) is 30.7 Å². The predicted molar refractivity (Wildman–Crippen MR) is 133 cm³/mol. The molecule has 0 spiro atoms. The largest absolute Gasteiger partial charge is 0.329 e. The van der Waals surface area contributed by atoms with Crippen LogP contribution in [0.3, 0.4) is 0 Å². The third-order valence-electron chi connectivity index (χ3n) is 5.13. The molecule has 0 aliphatic heterocycles. The number of rotatable bonds is 25. The Morgan fingerprint density at radius 3 is 1.00 bits per heavy atom. The van der Waals surface area contributed by atoms with Crippen molar-refractivity contribution in [3.63, 3.8) is 0 Å². The van der Waals surface area contributed by atoms with Gasteiger partial charge in [-0.15, -0.1) is 0 Å². The molecule has 0 amide bonds. The van der Waals surface area contributed by atoms with E-state index in [0.29, 0.717) is 32.7 Å². The van der Waals surface area contributed by atoms with Crippen LogP contribution >= 0.6 is 0 Å². The first-order chi connectivity index (χ1) is 15.2. The van der Waals surface area contributed by atoms with Gasteiger partial charge in [0.25, 0.3) is 0 Å². The molecule has 0 saturated carbocycles. The highest BCUT2D eigenvalue weighted by Gasteiger charge is 2.11. The van der Waals surface area contributed by atoms with Crippen LogP contribution in [0.1, 0.15) is 0 Å². The van der Waals surface area contributed by atoms with Gasteiger partial charge in [-0.1, -0.05) is 0 Å². The van der Waals surface area contributed by atoms with E-state index in [1.807, 2.05) is 0 Å². The summed E-state index contributed by atoms with van der Waals surface area (Å²) in [5.41, 5.74) is 28.5. The lowest BCUT2D eigenvalue weighted by Gasteiger charge is -2.30. The van der Waals surface area contributed by atoms with Gasteiger partial charge in [-0.25, -0.2) is 0 Å². The summed E-state index contributed by atoms with van der Waals surface area (Å²) >= 11 is 0. The van der Waals surface area contributed by atoms with Crippen LogP contribution in [0.15, 0.2) is 0 Å². The van der Waals surface area contributed by atoms with Crippen molar-refractivity contribution >= 4 is 0 Å². The maximum Gasteiger partial charge on any atom is 0.0110 e. The van der Waals surface area contributed by atoms with E-state index < -0.39 is 0 Å². The van der Waals surface area contributed by atoms with E-state index in [-0.39, 0.29) is 0 Å². The van der Waals surface area contributed by atoms with Crippen molar-refractivity contribution in [3.8, 4) is 0 Å². The second-order valence-corrected chi connectivity index (χ2v) is 7.72. The molecule has 0 aromatic heterocycles. The lowest BCUT2D eigenvalue weighted by molar-refractivity contribution is 0.181. The maximum absolute atomic E-state index is 5.87. The van der Waals surface area contributed by atoms with Gasteiger partial charge in [0.2, 0.25) is 0 Å². The van der Waals surface area contributed by atoms with Crippen LogP contribution in [-0.2, 0) is 0 Å². The molecule has 0 fully saturated rings. The Labute approximate surface area is 190 Å². The van der Waals surface area contributed by atoms with Crippen molar-refractivity contribution < 1.29 is 0 Å². The van der Waals surface area contributed by atoms with E-state index in [4.69, 9.17) is 28.7 Å². The summed E-state index contributed by atoms with van der Waals surface area (Å²) in [7, 11) is 0. The van der Waals surface area contributed by atoms with Crippen molar-refractivity contribution in [1.29, 1.82) is 0 Å². The number of nitrogens with two attached hydrogens (primary N) is 5. The molecule has 188 valence electrons. The summed E-state index contributed by atoms with van der Waals surface area (Å²) in [5, 5.41) is 10.1.